The van der Waals surface area contributed by atoms with E-state index in [-0.39, 0.29) is 48.1 Å². The van der Waals surface area contributed by atoms with Crippen molar-refractivity contribution >= 4 is 58.6 Å². The number of nitriles is 1. The predicted molar refractivity (Wildman–Crippen MR) is 222 cm³/mol. The second kappa shape index (κ2) is 17.3. The Morgan fingerprint density at radius 1 is 0.833 bits per heavy atom. The van der Waals surface area contributed by atoms with Crippen LogP contribution < -0.4 is 31.1 Å². The molecule has 3 aliphatic heterocycles. The number of hydrogen-bond acceptors (Lipinski definition) is 10. The van der Waals surface area contributed by atoms with Gasteiger partial charge in [-0.05, 0) is 92.3 Å². The van der Waals surface area contributed by atoms with Crippen molar-refractivity contribution in [3.63, 3.8) is 0 Å². The van der Waals surface area contributed by atoms with Crippen LogP contribution in [-0.4, -0.2) is 94.8 Å². The van der Waals surface area contributed by atoms with Gasteiger partial charge < -0.3 is 25.8 Å². The smallest absolute Gasteiger partial charge is 0.322 e. The van der Waals surface area contributed by atoms with Crippen molar-refractivity contribution < 1.29 is 28.8 Å². The molecule has 1 saturated carbocycles. The standard InChI is InChI=1S/C44H44N10O6/c45-25-29-6-18-38(46-27-29)48-30-7-10-33(11-8-30)53(43(59)47-26-28-4-2-1-3-5-28)34-14-12-32(13-15-34)51-20-22-52(23-21-51)44(60)49-31-9-16-35-36(24-31)42(58)54(41(35)57)37-17-19-39(55)50-40(37)56/h1-6,9,12-16,18,24,27,30,33,37H,7-8,10-11,17,19-23,26H2,(H,46,48)(H,47,59)(H,49,60)(H,50,55,56). The van der Waals surface area contributed by atoms with E-state index in [1.165, 1.54) is 12.1 Å². The number of amides is 8. The van der Waals surface area contributed by atoms with Crippen LogP contribution in [-0.2, 0) is 16.1 Å². The number of aromatic nitrogens is 1. The summed E-state index contributed by atoms with van der Waals surface area (Å²) in [6.45, 7) is 2.40. The first-order chi connectivity index (χ1) is 29.1. The molecule has 8 amide bonds. The number of anilines is 4. The van der Waals surface area contributed by atoms with E-state index in [1.807, 2.05) is 65.6 Å². The maximum Gasteiger partial charge on any atom is 0.322 e. The molecule has 0 bridgehead atoms. The molecule has 1 unspecified atom stereocenters. The Morgan fingerprint density at radius 2 is 1.57 bits per heavy atom. The fraction of sp³-hybridized carbons (Fsp3) is 0.318. The molecule has 4 N–H and O–H groups in total. The highest BCUT2D eigenvalue weighted by Gasteiger charge is 2.44. The van der Waals surface area contributed by atoms with E-state index in [9.17, 15) is 28.8 Å². The first-order valence-corrected chi connectivity index (χ1v) is 20.2. The van der Waals surface area contributed by atoms with Crippen LogP contribution in [0.2, 0.25) is 0 Å². The topological polar surface area (TPSA) is 200 Å². The average Bonchev–Trinajstić information content (AvgIpc) is 3.52. The van der Waals surface area contributed by atoms with Crippen LogP contribution in [0.1, 0.15) is 70.4 Å². The monoisotopic (exact) mass is 808 g/mol. The van der Waals surface area contributed by atoms with Crippen LogP contribution in [0.15, 0.2) is 91.1 Å². The Labute approximate surface area is 346 Å². The van der Waals surface area contributed by atoms with E-state index in [2.05, 4.69) is 37.2 Å². The van der Waals surface area contributed by atoms with Gasteiger partial charge in [-0.25, -0.2) is 14.6 Å². The van der Waals surface area contributed by atoms with Crippen molar-refractivity contribution in [1.82, 2.24) is 25.4 Å². The highest BCUT2D eigenvalue weighted by atomic mass is 16.2. The Balaban J connectivity index is 0.876. The van der Waals surface area contributed by atoms with Gasteiger partial charge in [-0.15, -0.1) is 0 Å². The van der Waals surface area contributed by atoms with Crippen LogP contribution in [0.4, 0.5) is 32.5 Å². The lowest BCUT2D eigenvalue weighted by molar-refractivity contribution is -0.136. The molecule has 0 radical (unpaired) electrons. The van der Waals surface area contributed by atoms with Crippen LogP contribution in [0.5, 0.6) is 0 Å². The number of nitrogens with zero attached hydrogens (tertiary/aromatic N) is 6. The van der Waals surface area contributed by atoms with Gasteiger partial charge in [0.15, 0.2) is 0 Å². The summed E-state index contributed by atoms with van der Waals surface area (Å²) >= 11 is 0. The zero-order valence-corrected chi connectivity index (χ0v) is 32.8. The third-order valence-electron chi connectivity index (χ3n) is 11.6. The molecule has 1 atom stereocenters. The van der Waals surface area contributed by atoms with Crippen LogP contribution >= 0.6 is 0 Å². The number of hydrogen-bond donors (Lipinski definition) is 4. The van der Waals surface area contributed by atoms with E-state index in [4.69, 9.17) is 5.26 Å². The van der Waals surface area contributed by atoms with Gasteiger partial charge in [-0.2, -0.15) is 5.26 Å². The molecule has 2 saturated heterocycles. The minimum Gasteiger partial charge on any atom is -0.368 e. The van der Waals surface area contributed by atoms with E-state index >= 15 is 0 Å². The second-order valence-electron chi connectivity index (χ2n) is 15.3. The van der Waals surface area contributed by atoms with Gasteiger partial charge in [0.1, 0.15) is 17.9 Å². The molecule has 3 fully saturated rings. The van der Waals surface area contributed by atoms with Gasteiger partial charge in [-0.3, -0.25) is 34.3 Å². The normalized spacial score (nSPS) is 20.2. The number of urea groups is 2. The van der Waals surface area contributed by atoms with Gasteiger partial charge in [0.2, 0.25) is 11.8 Å². The maximum absolute atomic E-state index is 13.9. The van der Waals surface area contributed by atoms with Crippen molar-refractivity contribution in [1.29, 1.82) is 5.26 Å². The molecule has 1 aliphatic carbocycles. The Hall–Kier alpha value is -7.28. The minimum absolute atomic E-state index is 0.0192. The maximum atomic E-state index is 13.9. The van der Waals surface area contributed by atoms with Crippen LogP contribution in [0.3, 0.4) is 0 Å². The first-order valence-electron chi connectivity index (χ1n) is 20.2. The number of carbonyl (C=O) groups excluding carboxylic acids is 6. The summed E-state index contributed by atoms with van der Waals surface area (Å²) in [5.74, 6) is -1.66. The quantitative estimate of drug-likeness (QED) is 0.170. The van der Waals surface area contributed by atoms with Crippen molar-refractivity contribution in [3.05, 3.63) is 113 Å². The Bertz CT molecular complexity index is 2330. The SMILES string of the molecule is N#Cc1ccc(NC2CCC(N(C(=O)NCc3ccccc3)c3ccc(N4CCN(C(=O)Nc5ccc6c(c5)C(=O)N(C5CCC(=O)NC5=O)C6=O)CC4)cc3)CC2)nc1. The van der Waals surface area contributed by atoms with Crippen molar-refractivity contribution in [3.8, 4) is 6.07 Å². The molecule has 4 aliphatic rings. The number of imide groups is 2. The van der Waals surface area contributed by atoms with E-state index in [1.54, 1.807) is 23.2 Å². The number of fused-ring (bicyclic) bond motifs is 1. The van der Waals surface area contributed by atoms with Crippen LogP contribution in [0.25, 0.3) is 0 Å². The lowest BCUT2D eigenvalue weighted by Crippen LogP contribution is -2.54. The number of nitrogens with one attached hydrogen (secondary N) is 4. The lowest BCUT2D eigenvalue weighted by atomic mass is 9.90. The van der Waals surface area contributed by atoms with E-state index in [0.717, 1.165) is 53.3 Å². The number of pyridine rings is 1. The third-order valence-corrected chi connectivity index (χ3v) is 11.6. The first kappa shape index (κ1) is 39.5. The summed E-state index contributed by atoms with van der Waals surface area (Å²) in [6.07, 6.45) is 4.91. The summed E-state index contributed by atoms with van der Waals surface area (Å²) in [4.78, 5) is 88.6. The number of rotatable bonds is 9. The molecule has 306 valence electrons. The molecule has 1 aromatic heterocycles. The van der Waals surface area contributed by atoms with Gasteiger partial charge in [-0.1, -0.05) is 30.3 Å². The molecular formula is C44H44N10O6. The number of benzene rings is 3. The molecule has 0 spiro atoms. The zero-order valence-electron chi connectivity index (χ0n) is 32.8. The summed E-state index contributed by atoms with van der Waals surface area (Å²) in [5, 5.41) is 20.7. The largest absolute Gasteiger partial charge is 0.368 e. The molecule has 8 rings (SSSR count). The summed E-state index contributed by atoms with van der Waals surface area (Å²) in [7, 11) is 0. The van der Waals surface area contributed by atoms with E-state index < -0.39 is 29.7 Å². The number of carbonyl (C=O) groups is 6. The number of piperazine rings is 1. The number of piperidine rings is 1. The van der Waals surface area contributed by atoms with Gasteiger partial charge >= 0.3 is 12.1 Å². The molecule has 4 aromatic rings. The van der Waals surface area contributed by atoms with Crippen molar-refractivity contribution in [2.24, 2.45) is 0 Å². The Kier molecular flexibility index (Phi) is 11.4. The van der Waals surface area contributed by atoms with Gasteiger partial charge in [0, 0.05) is 74.5 Å². The summed E-state index contributed by atoms with van der Waals surface area (Å²) in [6, 6.07) is 26.5. The zero-order chi connectivity index (χ0) is 41.8. The van der Waals surface area contributed by atoms with E-state index in [0.29, 0.717) is 44.0 Å². The molecule has 4 heterocycles. The van der Waals surface area contributed by atoms with Gasteiger partial charge in [0.25, 0.3) is 11.8 Å². The van der Waals surface area contributed by atoms with Gasteiger partial charge in [0.05, 0.1) is 16.7 Å². The molecule has 16 heteroatoms. The van der Waals surface area contributed by atoms with Crippen molar-refractivity contribution in [2.45, 2.75) is 63.2 Å². The average molecular weight is 809 g/mol. The second-order valence-corrected chi connectivity index (χ2v) is 15.3. The predicted octanol–water partition coefficient (Wildman–Crippen LogP) is 4.85. The summed E-state index contributed by atoms with van der Waals surface area (Å²) < 4.78 is 0. The summed E-state index contributed by atoms with van der Waals surface area (Å²) in [5.41, 5.74) is 3.84. The highest BCUT2D eigenvalue weighted by molar-refractivity contribution is 6.24. The fourth-order valence-corrected chi connectivity index (χ4v) is 8.33. The Morgan fingerprint density at radius 3 is 2.25 bits per heavy atom. The van der Waals surface area contributed by atoms with Crippen molar-refractivity contribution in [2.75, 3.05) is 46.6 Å². The minimum atomic E-state index is -1.07. The fourth-order valence-electron chi connectivity index (χ4n) is 8.33. The molecule has 16 nitrogen and oxygen atoms in total. The van der Waals surface area contributed by atoms with Crippen LogP contribution in [0, 0.1) is 11.3 Å². The molecule has 3 aromatic carbocycles. The lowest BCUT2D eigenvalue weighted by Gasteiger charge is -2.38. The third kappa shape index (κ3) is 8.46. The molecule has 60 heavy (non-hydrogen) atoms. The molecular weight excluding hydrogens is 765 g/mol. The highest BCUT2D eigenvalue weighted by Crippen LogP contribution is 2.32.